The second kappa shape index (κ2) is 14.1. The van der Waals surface area contributed by atoms with Crippen LogP contribution in [0.5, 0.6) is 0 Å². The predicted molar refractivity (Wildman–Crippen MR) is 263 cm³/mol. The Balaban J connectivity index is 1.22. The van der Waals surface area contributed by atoms with Crippen LogP contribution in [-0.4, -0.2) is 4.57 Å². The van der Waals surface area contributed by atoms with E-state index in [4.69, 9.17) is 0 Å². The van der Waals surface area contributed by atoms with Crippen molar-refractivity contribution in [3.63, 3.8) is 0 Å². The minimum Gasteiger partial charge on any atom is -0.310 e. The molecule has 0 fully saturated rings. The highest BCUT2D eigenvalue weighted by atomic mass is 15.2. The zero-order chi connectivity index (χ0) is 41.4. The molecule has 10 aromatic carbocycles. The first-order chi connectivity index (χ1) is 30.5. The standard InChI is InChI=1S/C59H43N3/c1-59(2)53-34-32-47(37-52(53)51-35-41-20-15-16-21-42(41)36-54(51)59)61(45-26-11-5-12-27-45)55-38-48(60(43-22-7-3-8-23-43)44-24-9-4-10-25-44)39-56-57(55)50-33-31-40-19-17-18-30-49(40)58(50)62(56)46-28-13-6-14-29-46/h3-39H,1-2H3. The van der Waals surface area contributed by atoms with Crippen molar-refractivity contribution in [3.8, 4) is 16.8 Å². The van der Waals surface area contributed by atoms with E-state index in [9.17, 15) is 0 Å². The average Bonchev–Trinajstić information content (AvgIpc) is 3.78. The van der Waals surface area contributed by atoms with Crippen molar-refractivity contribution in [2.75, 3.05) is 9.80 Å². The lowest BCUT2D eigenvalue weighted by Gasteiger charge is -2.31. The van der Waals surface area contributed by atoms with E-state index in [0.717, 1.165) is 45.3 Å². The first-order valence-corrected chi connectivity index (χ1v) is 21.5. The average molecular weight is 794 g/mol. The lowest BCUT2D eigenvalue weighted by atomic mass is 9.82. The molecule has 0 radical (unpaired) electrons. The molecular formula is C59H43N3. The fraction of sp³-hybridized carbons (Fsp3) is 0.0508. The molecule has 3 heteroatoms. The Kier molecular flexibility index (Phi) is 8.20. The van der Waals surface area contributed by atoms with Crippen LogP contribution >= 0.6 is 0 Å². The van der Waals surface area contributed by atoms with Gasteiger partial charge in [0.2, 0.25) is 0 Å². The third kappa shape index (κ3) is 5.59. The number of benzene rings is 10. The molecule has 0 saturated carbocycles. The van der Waals surface area contributed by atoms with E-state index in [2.05, 4.69) is 253 Å². The van der Waals surface area contributed by atoms with Crippen molar-refractivity contribution in [1.82, 2.24) is 4.57 Å². The minimum atomic E-state index is -0.145. The molecule has 12 rings (SSSR count). The largest absolute Gasteiger partial charge is 0.310 e. The van der Waals surface area contributed by atoms with Gasteiger partial charge in [0, 0.05) is 50.0 Å². The van der Waals surface area contributed by atoms with Gasteiger partial charge in [0.1, 0.15) is 0 Å². The van der Waals surface area contributed by atoms with E-state index in [1.807, 2.05) is 0 Å². The summed E-state index contributed by atoms with van der Waals surface area (Å²) in [6, 6.07) is 82.3. The van der Waals surface area contributed by atoms with E-state index in [1.165, 1.54) is 60.1 Å². The molecule has 1 heterocycles. The first kappa shape index (κ1) is 36.0. The molecule has 0 spiro atoms. The maximum atomic E-state index is 2.50. The summed E-state index contributed by atoms with van der Waals surface area (Å²) in [5.74, 6) is 0. The van der Waals surface area contributed by atoms with E-state index in [0.29, 0.717) is 0 Å². The van der Waals surface area contributed by atoms with Crippen LogP contribution in [0.4, 0.5) is 34.1 Å². The summed E-state index contributed by atoms with van der Waals surface area (Å²) < 4.78 is 2.49. The van der Waals surface area contributed by atoms with Gasteiger partial charge in [-0.3, -0.25) is 0 Å². The smallest absolute Gasteiger partial charge is 0.0620 e. The molecule has 62 heavy (non-hydrogen) atoms. The highest BCUT2D eigenvalue weighted by molar-refractivity contribution is 6.23. The Morgan fingerprint density at radius 3 is 1.58 bits per heavy atom. The number of rotatable bonds is 7. The van der Waals surface area contributed by atoms with E-state index in [1.54, 1.807) is 0 Å². The van der Waals surface area contributed by atoms with Crippen LogP contribution in [0.2, 0.25) is 0 Å². The number of nitrogens with zero attached hydrogens (tertiary/aromatic N) is 3. The van der Waals surface area contributed by atoms with Crippen molar-refractivity contribution in [2.45, 2.75) is 19.3 Å². The summed E-state index contributed by atoms with van der Waals surface area (Å²) in [4.78, 5) is 4.89. The van der Waals surface area contributed by atoms with Gasteiger partial charge in [0.25, 0.3) is 0 Å². The van der Waals surface area contributed by atoms with Gasteiger partial charge in [-0.25, -0.2) is 0 Å². The number of hydrogen-bond donors (Lipinski definition) is 0. The Hall–Kier alpha value is -7.88. The van der Waals surface area contributed by atoms with Gasteiger partial charge in [0.15, 0.2) is 0 Å². The second-order valence-corrected chi connectivity index (χ2v) is 17.0. The summed E-state index contributed by atoms with van der Waals surface area (Å²) in [7, 11) is 0. The van der Waals surface area contributed by atoms with Crippen LogP contribution < -0.4 is 9.80 Å². The zero-order valence-corrected chi connectivity index (χ0v) is 34.7. The van der Waals surface area contributed by atoms with Gasteiger partial charge in [-0.2, -0.15) is 0 Å². The Labute approximate surface area is 362 Å². The molecule has 11 aromatic rings. The number of aromatic nitrogens is 1. The van der Waals surface area contributed by atoms with Crippen LogP contribution in [0.1, 0.15) is 25.0 Å². The maximum Gasteiger partial charge on any atom is 0.0620 e. The van der Waals surface area contributed by atoms with Crippen LogP contribution in [0.3, 0.4) is 0 Å². The number of fused-ring (bicyclic) bond motifs is 9. The fourth-order valence-corrected chi connectivity index (χ4v) is 10.2. The van der Waals surface area contributed by atoms with Crippen molar-refractivity contribution in [2.24, 2.45) is 0 Å². The summed E-state index contributed by atoms with van der Waals surface area (Å²) >= 11 is 0. The third-order valence-corrected chi connectivity index (χ3v) is 13.1. The van der Waals surface area contributed by atoms with Crippen molar-refractivity contribution >= 4 is 77.5 Å². The van der Waals surface area contributed by atoms with Gasteiger partial charge in [-0.05, 0) is 123 Å². The lowest BCUT2D eigenvalue weighted by Crippen LogP contribution is -2.16. The topological polar surface area (TPSA) is 11.4 Å². The predicted octanol–water partition coefficient (Wildman–Crippen LogP) is 16.3. The lowest BCUT2D eigenvalue weighted by molar-refractivity contribution is 0.661. The van der Waals surface area contributed by atoms with Crippen LogP contribution in [0.25, 0.3) is 60.2 Å². The monoisotopic (exact) mass is 793 g/mol. The number of anilines is 6. The SMILES string of the molecule is CC1(C)c2ccc(N(c3ccccc3)c3cc(N(c4ccccc4)c4ccccc4)cc4c3c3ccc5ccccc5c3n4-c3ccccc3)cc2-c2cc3ccccc3cc21. The highest BCUT2D eigenvalue weighted by Crippen LogP contribution is 2.54. The molecule has 1 aliphatic carbocycles. The Morgan fingerprint density at radius 2 is 0.919 bits per heavy atom. The molecule has 0 unspecified atom stereocenters. The minimum absolute atomic E-state index is 0.145. The summed E-state index contributed by atoms with van der Waals surface area (Å²) in [5.41, 5.74) is 15.2. The molecule has 0 N–H and O–H groups in total. The van der Waals surface area contributed by atoms with Gasteiger partial charge < -0.3 is 14.4 Å². The summed E-state index contributed by atoms with van der Waals surface area (Å²) in [6.45, 7) is 4.75. The highest BCUT2D eigenvalue weighted by Gasteiger charge is 2.36. The first-order valence-electron chi connectivity index (χ1n) is 21.5. The van der Waals surface area contributed by atoms with E-state index < -0.39 is 0 Å². The Morgan fingerprint density at radius 1 is 0.371 bits per heavy atom. The van der Waals surface area contributed by atoms with Gasteiger partial charge in [-0.15, -0.1) is 0 Å². The molecule has 3 nitrogen and oxygen atoms in total. The molecular weight excluding hydrogens is 751 g/mol. The van der Waals surface area contributed by atoms with Crippen molar-refractivity contribution < 1.29 is 0 Å². The second-order valence-electron chi connectivity index (χ2n) is 17.0. The molecule has 1 aromatic heterocycles. The third-order valence-electron chi connectivity index (χ3n) is 13.1. The normalized spacial score (nSPS) is 12.8. The van der Waals surface area contributed by atoms with E-state index >= 15 is 0 Å². The molecule has 0 amide bonds. The number of hydrogen-bond acceptors (Lipinski definition) is 2. The molecule has 0 bridgehead atoms. The molecule has 0 saturated heterocycles. The van der Waals surface area contributed by atoms with Gasteiger partial charge in [0.05, 0.1) is 22.4 Å². The molecule has 294 valence electrons. The number of para-hydroxylation sites is 4. The molecule has 1 aliphatic rings. The maximum absolute atomic E-state index is 2.50. The summed E-state index contributed by atoms with van der Waals surface area (Å²) in [6.07, 6.45) is 0. The van der Waals surface area contributed by atoms with Gasteiger partial charge in [-0.1, -0.05) is 153 Å². The molecule has 0 aliphatic heterocycles. The zero-order valence-electron chi connectivity index (χ0n) is 34.7. The molecule has 0 atom stereocenters. The van der Waals surface area contributed by atoms with Crippen molar-refractivity contribution in [3.05, 3.63) is 236 Å². The van der Waals surface area contributed by atoms with Crippen LogP contribution in [0.15, 0.2) is 224 Å². The van der Waals surface area contributed by atoms with Gasteiger partial charge >= 0.3 is 0 Å². The fourth-order valence-electron chi connectivity index (χ4n) is 10.2. The summed E-state index contributed by atoms with van der Waals surface area (Å²) in [5, 5.41) is 7.36. The van der Waals surface area contributed by atoms with Crippen molar-refractivity contribution in [1.29, 1.82) is 0 Å². The van der Waals surface area contributed by atoms with Crippen LogP contribution in [0, 0.1) is 0 Å². The van der Waals surface area contributed by atoms with Crippen LogP contribution in [-0.2, 0) is 5.41 Å². The quantitative estimate of drug-likeness (QED) is 0.159. The Bertz CT molecular complexity index is 3440. The van der Waals surface area contributed by atoms with E-state index in [-0.39, 0.29) is 5.41 Å².